The maximum Gasteiger partial charge on any atom is 0.418 e. The highest BCUT2D eigenvalue weighted by Crippen LogP contribution is 2.34. The van der Waals surface area contributed by atoms with Gasteiger partial charge in [-0.15, -0.1) is 10.2 Å². The van der Waals surface area contributed by atoms with Crippen molar-refractivity contribution in [3.8, 4) is 5.69 Å². The molecule has 3 rings (SSSR count). The zero-order valence-electron chi connectivity index (χ0n) is 18.2. The summed E-state index contributed by atoms with van der Waals surface area (Å²) in [4.78, 5) is 25.9. The first kappa shape index (κ1) is 24.3. The van der Waals surface area contributed by atoms with Crippen LogP contribution >= 0.6 is 11.8 Å². The lowest BCUT2D eigenvalue weighted by molar-refractivity contribution is -0.137. The lowest BCUT2D eigenvalue weighted by Gasteiger charge is -2.18. The zero-order valence-corrected chi connectivity index (χ0v) is 19.0. The number of likely N-dealkylation sites (N-methyl/N-ethyl adjacent to an activating group) is 1. The van der Waals surface area contributed by atoms with Crippen LogP contribution in [-0.2, 0) is 15.8 Å². The largest absolute Gasteiger partial charge is 0.418 e. The molecule has 33 heavy (non-hydrogen) atoms. The Labute approximate surface area is 193 Å². The Kier molecular flexibility index (Phi) is 7.42. The molecule has 1 heterocycles. The number of benzene rings is 2. The summed E-state index contributed by atoms with van der Waals surface area (Å²) in [6, 6.07) is 12.4. The lowest BCUT2D eigenvalue weighted by Crippen LogP contribution is -2.36. The number of nitrogens with zero attached hydrogens (tertiary/aromatic N) is 4. The molecule has 0 aliphatic carbocycles. The summed E-state index contributed by atoms with van der Waals surface area (Å²) >= 11 is 1.16. The summed E-state index contributed by atoms with van der Waals surface area (Å²) in [7, 11) is 1.41. The highest BCUT2D eigenvalue weighted by molar-refractivity contribution is 7.99. The number of thioether (sulfide) groups is 1. The molecule has 0 aliphatic heterocycles. The van der Waals surface area contributed by atoms with Crippen LogP contribution in [0.2, 0.25) is 0 Å². The lowest BCUT2D eigenvalue weighted by atomic mass is 10.1. The van der Waals surface area contributed by atoms with E-state index in [4.69, 9.17) is 0 Å². The second kappa shape index (κ2) is 10.1. The minimum Gasteiger partial charge on any atom is -0.336 e. The molecule has 11 heteroatoms. The number of alkyl halides is 3. The van der Waals surface area contributed by atoms with Crippen molar-refractivity contribution in [3.05, 3.63) is 65.5 Å². The van der Waals surface area contributed by atoms with Gasteiger partial charge in [-0.1, -0.05) is 41.6 Å². The van der Waals surface area contributed by atoms with Gasteiger partial charge in [0.2, 0.25) is 11.8 Å². The summed E-state index contributed by atoms with van der Waals surface area (Å²) in [5.74, 6) is -0.473. The Hall–Kier alpha value is -3.34. The van der Waals surface area contributed by atoms with E-state index in [-0.39, 0.29) is 17.3 Å². The molecule has 7 nitrogen and oxygen atoms in total. The first-order valence-corrected chi connectivity index (χ1v) is 10.9. The number of carbonyl (C=O) groups excluding carboxylic acids is 2. The molecule has 1 aromatic heterocycles. The summed E-state index contributed by atoms with van der Waals surface area (Å²) in [5, 5.41) is 10.9. The Morgan fingerprint density at radius 1 is 1.06 bits per heavy atom. The van der Waals surface area contributed by atoms with Crippen LogP contribution in [0, 0.1) is 13.8 Å². The van der Waals surface area contributed by atoms with Crippen molar-refractivity contribution in [2.24, 2.45) is 0 Å². The van der Waals surface area contributed by atoms with Gasteiger partial charge in [0.1, 0.15) is 5.82 Å². The highest BCUT2D eigenvalue weighted by atomic mass is 32.2. The van der Waals surface area contributed by atoms with Gasteiger partial charge < -0.3 is 10.2 Å². The Morgan fingerprint density at radius 3 is 2.39 bits per heavy atom. The SMILES string of the molecule is Cc1ccc(-n2c(C)nnc2SCC(=O)N(C)CC(=O)Nc2ccccc2C(F)(F)F)cc1. The minimum atomic E-state index is -4.60. The van der Waals surface area contributed by atoms with Crippen LogP contribution < -0.4 is 5.32 Å². The second-order valence-corrected chi connectivity index (χ2v) is 8.27. The molecule has 0 atom stereocenters. The molecule has 0 radical (unpaired) electrons. The molecule has 0 aliphatic rings. The van der Waals surface area contributed by atoms with Gasteiger partial charge in [0.05, 0.1) is 23.5 Å². The zero-order chi connectivity index (χ0) is 24.2. The van der Waals surface area contributed by atoms with E-state index in [9.17, 15) is 22.8 Å². The molecule has 2 amide bonds. The normalized spacial score (nSPS) is 11.3. The van der Waals surface area contributed by atoms with Crippen LogP contribution in [0.25, 0.3) is 5.69 Å². The third kappa shape index (κ3) is 6.13. The number of halogens is 3. The highest BCUT2D eigenvalue weighted by Gasteiger charge is 2.33. The monoisotopic (exact) mass is 477 g/mol. The van der Waals surface area contributed by atoms with Crippen LogP contribution in [0.4, 0.5) is 18.9 Å². The van der Waals surface area contributed by atoms with Crippen LogP contribution in [0.5, 0.6) is 0 Å². The van der Waals surface area contributed by atoms with E-state index in [0.29, 0.717) is 11.0 Å². The van der Waals surface area contributed by atoms with Gasteiger partial charge in [0, 0.05) is 12.7 Å². The average Bonchev–Trinajstić information content (AvgIpc) is 3.12. The van der Waals surface area contributed by atoms with Crippen molar-refractivity contribution in [2.75, 3.05) is 24.7 Å². The van der Waals surface area contributed by atoms with E-state index >= 15 is 0 Å². The first-order chi connectivity index (χ1) is 15.6. The maximum absolute atomic E-state index is 13.1. The maximum atomic E-state index is 13.1. The number of anilines is 1. The summed E-state index contributed by atoms with van der Waals surface area (Å²) in [6.07, 6.45) is -4.60. The summed E-state index contributed by atoms with van der Waals surface area (Å²) in [6.45, 7) is 3.38. The van der Waals surface area contributed by atoms with Gasteiger partial charge in [-0.3, -0.25) is 14.2 Å². The van der Waals surface area contributed by atoms with Crippen molar-refractivity contribution < 1.29 is 22.8 Å². The molecule has 0 saturated carbocycles. The van der Waals surface area contributed by atoms with E-state index in [1.165, 1.54) is 25.2 Å². The Bertz CT molecular complexity index is 1150. The van der Waals surface area contributed by atoms with E-state index in [0.717, 1.165) is 34.0 Å². The molecule has 174 valence electrons. The molecule has 0 saturated heterocycles. The molecule has 0 spiro atoms. The standard InChI is InChI=1S/C22H22F3N5O2S/c1-14-8-10-16(11-9-14)30-15(2)27-28-21(30)33-13-20(32)29(3)12-19(31)26-18-7-5-4-6-17(18)22(23,24)25/h4-11H,12-13H2,1-3H3,(H,26,31). The van der Waals surface area contributed by atoms with Crippen molar-refractivity contribution in [2.45, 2.75) is 25.2 Å². The summed E-state index contributed by atoms with van der Waals surface area (Å²) in [5.41, 5.74) is 0.654. The van der Waals surface area contributed by atoms with Gasteiger partial charge in [0.15, 0.2) is 5.16 Å². The number of aryl methyl sites for hydroxylation is 2. The topological polar surface area (TPSA) is 80.1 Å². The van der Waals surface area contributed by atoms with E-state index in [2.05, 4.69) is 15.5 Å². The number of aromatic nitrogens is 3. The van der Waals surface area contributed by atoms with E-state index < -0.39 is 24.2 Å². The molecular weight excluding hydrogens is 455 g/mol. The number of carbonyl (C=O) groups is 2. The number of amides is 2. The number of rotatable bonds is 7. The Balaban J connectivity index is 1.60. The fourth-order valence-corrected chi connectivity index (χ4v) is 3.93. The quantitative estimate of drug-likeness (QED) is 0.519. The molecule has 2 aromatic carbocycles. The number of para-hydroxylation sites is 1. The minimum absolute atomic E-state index is 0.0209. The number of nitrogens with one attached hydrogen (secondary N) is 1. The van der Waals surface area contributed by atoms with Crippen molar-refractivity contribution in [1.29, 1.82) is 0 Å². The average molecular weight is 478 g/mol. The Morgan fingerprint density at radius 2 is 1.73 bits per heavy atom. The molecule has 0 bridgehead atoms. The molecule has 0 unspecified atom stereocenters. The van der Waals surface area contributed by atoms with Crippen LogP contribution in [0.3, 0.4) is 0 Å². The smallest absolute Gasteiger partial charge is 0.336 e. The van der Waals surface area contributed by atoms with Crippen molar-refractivity contribution in [3.63, 3.8) is 0 Å². The predicted molar refractivity (Wildman–Crippen MR) is 119 cm³/mol. The van der Waals surface area contributed by atoms with Gasteiger partial charge in [-0.2, -0.15) is 13.2 Å². The van der Waals surface area contributed by atoms with Gasteiger partial charge in [0.25, 0.3) is 0 Å². The number of hydrogen-bond donors (Lipinski definition) is 1. The molecule has 3 aromatic rings. The molecule has 0 fully saturated rings. The summed E-state index contributed by atoms with van der Waals surface area (Å²) < 4.78 is 41.1. The first-order valence-electron chi connectivity index (χ1n) is 9.88. The fraction of sp³-hybridized carbons (Fsp3) is 0.273. The van der Waals surface area contributed by atoms with Crippen molar-refractivity contribution >= 4 is 29.3 Å². The van der Waals surface area contributed by atoms with Gasteiger partial charge in [-0.25, -0.2) is 0 Å². The van der Waals surface area contributed by atoms with E-state index in [1.54, 1.807) is 6.92 Å². The van der Waals surface area contributed by atoms with Crippen LogP contribution in [-0.4, -0.2) is 50.8 Å². The van der Waals surface area contributed by atoms with E-state index in [1.807, 2.05) is 35.8 Å². The molecule has 1 N–H and O–H groups in total. The fourth-order valence-electron chi connectivity index (χ4n) is 3.00. The third-order valence-electron chi connectivity index (χ3n) is 4.73. The molecular formula is C22H22F3N5O2S. The second-order valence-electron chi connectivity index (χ2n) is 7.33. The van der Waals surface area contributed by atoms with Crippen molar-refractivity contribution in [1.82, 2.24) is 19.7 Å². The van der Waals surface area contributed by atoms with Crippen LogP contribution in [0.15, 0.2) is 53.7 Å². The van der Waals surface area contributed by atoms with Gasteiger partial charge >= 0.3 is 6.18 Å². The third-order valence-corrected chi connectivity index (χ3v) is 5.64. The predicted octanol–water partition coefficient (Wildman–Crippen LogP) is 4.09. The van der Waals surface area contributed by atoms with Gasteiger partial charge in [-0.05, 0) is 38.1 Å². The van der Waals surface area contributed by atoms with Crippen LogP contribution in [0.1, 0.15) is 17.0 Å². The number of hydrogen-bond acceptors (Lipinski definition) is 5.